The molecule has 0 fully saturated rings. The zero-order chi connectivity index (χ0) is 16.8. The quantitative estimate of drug-likeness (QED) is 0.848. The highest BCUT2D eigenvalue weighted by Crippen LogP contribution is 2.10. The highest BCUT2D eigenvalue weighted by atomic mass is 16.4. The molecule has 0 saturated heterocycles. The lowest BCUT2D eigenvalue weighted by molar-refractivity contribution is -0.144. The number of nitrogens with zero attached hydrogens (tertiary/aromatic N) is 3. The van der Waals surface area contributed by atoms with Crippen molar-refractivity contribution in [1.29, 1.82) is 0 Å². The van der Waals surface area contributed by atoms with Crippen LogP contribution in [0.25, 0.3) is 5.69 Å². The van der Waals surface area contributed by atoms with Gasteiger partial charge in [-0.2, -0.15) is 5.10 Å². The third-order valence-corrected chi connectivity index (χ3v) is 3.28. The van der Waals surface area contributed by atoms with Crippen LogP contribution in [0, 0.1) is 5.92 Å². The second-order valence-electron chi connectivity index (χ2n) is 5.87. The first-order valence-electron chi connectivity index (χ1n) is 7.54. The molecule has 1 amide bonds. The van der Waals surface area contributed by atoms with E-state index in [1.54, 1.807) is 17.1 Å². The molecule has 0 atom stereocenters. The van der Waals surface area contributed by atoms with Crippen LogP contribution in [0.3, 0.4) is 0 Å². The van der Waals surface area contributed by atoms with Crippen LogP contribution < -0.4 is 0 Å². The van der Waals surface area contributed by atoms with E-state index in [2.05, 4.69) is 5.10 Å². The van der Waals surface area contributed by atoms with Gasteiger partial charge in [0.1, 0.15) is 6.54 Å². The summed E-state index contributed by atoms with van der Waals surface area (Å²) in [5.74, 6) is -0.988. The molecule has 6 nitrogen and oxygen atoms in total. The van der Waals surface area contributed by atoms with Gasteiger partial charge in [-0.3, -0.25) is 9.59 Å². The SMILES string of the molecule is CC(C)CN(CC(=O)O)C(=O)Cc1cnn(-c2ccccc2)c1. The Balaban J connectivity index is 2.06. The van der Waals surface area contributed by atoms with Crippen LogP contribution in [0.15, 0.2) is 42.7 Å². The van der Waals surface area contributed by atoms with Crippen molar-refractivity contribution in [2.75, 3.05) is 13.1 Å². The fraction of sp³-hybridized carbons (Fsp3) is 0.353. The van der Waals surface area contributed by atoms with Crippen LogP contribution >= 0.6 is 0 Å². The standard InChI is InChI=1S/C17H21N3O3/c1-13(2)10-19(12-17(22)23)16(21)8-14-9-18-20(11-14)15-6-4-3-5-7-15/h3-7,9,11,13H,8,10,12H2,1-2H3,(H,22,23). The number of aliphatic carboxylic acids is 1. The summed E-state index contributed by atoms with van der Waals surface area (Å²) in [6, 6.07) is 9.60. The van der Waals surface area contributed by atoms with Crippen molar-refractivity contribution >= 4 is 11.9 Å². The Morgan fingerprint density at radius 3 is 2.57 bits per heavy atom. The van der Waals surface area contributed by atoms with E-state index in [4.69, 9.17) is 5.11 Å². The largest absolute Gasteiger partial charge is 0.480 e. The highest BCUT2D eigenvalue weighted by molar-refractivity contribution is 5.82. The number of carbonyl (C=O) groups excluding carboxylic acids is 1. The van der Waals surface area contributed by atoms with E-state index >= 15 is 0 Å². The zero-order valence-corrected chi connectivity index (χ0v) is 13.3. The lowest BCUT2D eigenvalue weighted by Gasteiger charge is -2.22. The van der Waals surface area contributed by atoms with Gasteiger partial charge in [0.25, 0.3) is 0 Å². The maximum absolute atomic E-state index is 12.4. The number of amides is 1. The lowest BCUT2D eigenvalue weighted by atomic mass is 10.1. The summed E-state index contributed by atoms with van der Waals surface area (Å²) in [5.41, 5.74) is 1.67. The predicted octanol–water partition coefficient (Wildman–Crippen LogP) is 1.98. The molecule has 1 heterocycles. The van der Waals surface area contributed by atoms with Crippen molar-refractivity contribution in [3.8, 4) is 5.69 Å². The van der Waals surface area contributed by atoms with Crippen molar-refractivity contribution in [2.45, 2.75) is 20.3 Å². The smallest absolute Gasteiger partial charge is 0.323 e. The molecule has 1 N–H and O–H groups in total. The molecule has 0 saturated carbocycles. The minimum atomic E-state index is -1.00. The average molecular weight is 315 g/mol. The number of carboxylic acid groups (broad SMARTS) is 1. The molecule has 0 spiro atoms. The first kappa shape index (κ1) is 16.7. The van der Waals surface area contributed by atoms with Crippen LogP contribution in [0.2, 0.25) is 0 Å². The van der Waals surface area contributed by atoms with Crippen LogP contribution in [-0.4, -0.2) is 44.8 Å². The number of para-hydroxylation sites is 1. The van der Waals surface area contributed by atoms with Gasteiger partial charge in [-0.1, -0.05) is 32.0 Å². The Kier molecular flexibility index (Phi) is 5.51. The fourth-order valence-corrected chi connectivity index (χ4v) is 2.32. The van der Waals surface area contributed by atoms with Gasteiger partial charge in [0.05, 0.1) is 18.3 Å². The molecular formula is C17H21N3O3. The Labute approximate surface area is 135 Å². The normalized spacial score (nSPS) is 10.7. The van der Waals surface area contributed by atoms with E-state index in [9.17, 15) is 9.59 Å². The van der Waals surface area contributed by atoms with E-state index in [0.29, 0.717) is 6.54 Å². The number of benzene rings is 1. The molecule has 0 radical (unpaired) electrons. The summed E-state index contributed by atoms with van der Waals surface area (Å²) in [6.45, 7) is 4.06. The van der Waals surface area contributed by atoms with Gasteiger partial charge in [0, 0.05) is 12.7 Å². The van der Waals surface area contributed by atoms with Gasteiger partial charge < -0.3 is 10.0 Å². The Bertz CT molecular complexity index is 665. The second-order valence-corrected chi connectivity index (χ2v) is 5.87. The molecule has 2 aromatic rings. The molecule has 1 aromatic heterocycles. The van der Waals surface area contributed by atoms with Gasteiger partial charge in [0.15, 0.2) is 0 Å². The van der Waals surface area contributed by atoms with E-state index in [1.165, 1.54) is 4.90 Å². The van der Waals surface area contributed by atoms with E-state index in [0.717, 1.165) is 11.3 Å². The van der Waals surface area contributed by atoms with Gasteiger partial charge in [0.2, 0.25) is 5.91 Å². The first-order chi connectivity index (χ1) is 11.0. The maximum atomic E-state index is 12.4. The molecule has 0 aliphatic heterocycles. The van der Waals surface area contributed by atoms with Gasteiger partial charge in [-0.15, -0.1) is 0 Å². The maximum Gasteiger partial charge on any atom is 0.323 e. The van der Waals surface area contributed by atoms with Crippen LogP contribution in [0.1, 0.15) is 19.4 Å². The number of hydrogen-bond donors (Lipinski definition) is 1. The molecule has 0 aliphatic carbocycles. The second kappa shape index (κ2) is 7.58. The third kappa shape index (κ3) is 4.95. The highest BCUT2D eigenvalue weighted by Gasteiger charge is 2.18. The van der Waals surface area contributed by atoms with E-state index < -0.39 is 5.97 Å². The minimum Gasteiger partial charge on any atom is -0.480 e. The Morgan fingerprint density at radius 2 is 1.96 bits per heavy atom. The summed E-state index contributed by atoms with van der Waals surface area (Å²) in [4.78, 5) is 24.7. The number of aromatic nitrogens is 2. The average Bonchev–Trinajstić information content (AvgIpc) is 2.95. The summed E-state index contributed by atoms with van der Waals surface area (Å²) in [6.07, 6.45) is 3.58. The van der Waals surface area contributed by atoms with E-state index in [-0.39, 0.29) is 24.8 Å². The molecule has 6 heteroatoms. The third-order valence-electron chi connectivity index (χ3n) is 3.28. The molecule has 0 aliphatic rings. The van der Waals surface area contributed by atoms with Crippen LogP contribution in [-0.2, 0) is 16.0 Å². The summed E-state index contributed by atoms with van der Waals surface area (Å²) >= 11 is 0. The number of carbonyl (C=O) groups is 2. The lowest BCUT2D eigenvalue weighted by Crippen LogP contribution is -2.39. The van der Waals surface area contributed by atoms with Crippen LogP contribution in [0.5, 0.6) is 0 Å². The molecule has 122 valence electrons. The molecule has 0 bridgehead atoms. The predicted molar refractivity (Wildman–Crippen MR) is 86.3 cm³/mol. The summed E-state index contributed by atoms with van der Waals surface area (Å²) in [5, 5.41) is 13.2. The molecule has 1 aromatic carbocycles. The van der Waals surface area contributed by atoms with Crippen LogP contribution in [0.4, 0.5) is 0 Å². The topological polar surface area (TPSA) is 75.4 Å². The first-order valence-corrected chi connectivity index (χ1v) is 7.54. The summed E-state index contributed by atoms with van der Waals surface area (Å²) < 4.78 is 1.70. The number of rotatable bonds is 7. The number of carboxylic acids is 1. The monoisotopic (exact) mass is 315 g/mol. The zero-order valence-electron chi connectivity index (χ0n) is 13.3. The van der Waals surface area contributed by atoms with Gasteiger partial charge in [-0.05, 0) is 23.6 Å². The Morgan fingerprint density at radius 1 is 1.26 bits per heavy atom. The van der Waals surface area contributed by atoms with Crippen molar-refractivity contribution in [2.24, 2.45) is 5.92 Å². The Hall–Kier alpha value is -2.63. The van der Waals surface area contributed by atoms with Crippen molar-refractivity contribution < 1.29 is 14.7 Å². The van der Waals surface area contributed by atoms with Crippen molar-refractivity contribution in [3.63, 3.8) is 0 Å². The fourth-order valence-electron chi connectivity index (χ4n) is 2.32. The van der Waals surface area contributed by atoms with Crippen molar-refractivity contribution in [3.05, 3.63) is 48.3 Å². The van der Waals surface area contributed by atoms with E-state index in [1.807, 2.05) is 44.2 Å². The molecular weight excluding hydrogens is 294 g/mol. The molecule has 0 unspecified atom stereocenters. The number of hydrogen-bond acceptors (Lipinski definition) is 3. The van der Waals surface area contributed by atoms with Gasteiger partial charge >= 0.3 is 5.97 Å². The summed E-state index contributed by atoms with van der Waals surface area (Å²) in [7, 11) is 0. The molecule has 2 rings (SSSR count). The minimum absolute atomic E-state index is 0.146. The van der Waals surface area contributed by atoms with Gasteiger partial charge in [-0.25, -0.2) is 4.68 Å². The van der Waals surface area contributed by atoms with Crippen molar-refractivity contribution in [1.82, 2.24) is 14.7 Å². The molecule has 23 heavy (non-hydrogen) atoms.